The zero-order valence-electron chi connectivity index (χ0n) is 13.7. The van der Waals surface area contributed by atoms with Crippen LogP contribution in [0, 0.1) is 0 Å². The van der Waals surface area contributed by atoms with Crippen LogP contribution < -0.4 is 10.2 Å². The zero-order chi connectivity index (χ0) is 16.1. The Balaban J connectivity index is 1.61. The predicted molar refractivity (Wildman–Crippen MR) is 90.0 cm³/mol. The lowest BCUT2D eigenvalue weighted by molar-refractivity contribution is -0.135. The second-order valence-corrected chi connectivity index (χ2v) is 5.95. The number of ether oxygens (including phenoxy) is 2. The molecule has 6 heteroatoms. The fourth-order valence-corrected chi connectivity index (χ4v) is 2.98. The summed E-state index contributed by atoms with van der Waals surface area (Å²) in [5.74, 6) is 0.130. The summed E-state index contributed by atoms with van der Waals surface area (Å²) in [7, 11) is 0. The third kappa shape index (κ3) is 4.14. The number of rotatable bonds is 4. The van der Waals surface area contributed by atoms with Crippen molar-refractivity contribution in [3.05, 3.63) is 24.3 Å². The summed E-state index contributed by atoms with van der Waals surface area (Å²) in [5, 5.41) is 3.33. The Bertz CT molecular complexity index is 526. The molecule has 2 fully saturated rings. The van der Waals surface area contributed by atoms with Gasteiger partial charge in [0.1, 0.15) is 6.04 Å². The van der Waals surface area contributed by atoms with E-state index in [0.717, 1.165) is 32.0 Å². The normalized spacial score (nSPS) is 20.2. The summed E-state index contributed by atoms with van der Waals surface area (Å²) >= 11 is 0. The number of nitrogens with one attached hydrogen (secondary N) is 1. The fourth-order valence-electron chi connectivity index (χ4n) is 2.98. The van der Waals surface area contributed by atoms with Crippen molar-refractivity contribution in [2.24, 2.45) is 0 Å². The van der Waals surface area contributed by atoms with Gasteiger partial charge in [-0.3, -0.25) is 4.79 Å². The van der Waals surface area contributed by atoms with Crippen LogP contribution >= 0.6 is 0 Å². The van der Waals surface area contributed by atoms with Gasteiger partial charge in [-0.15, -0.1) is 0 Å². The molecule has 0 aromatic heterocycles. The summed E-state index contributed by atoms with van der Waals surface area (Å²) in [6.07, 6.45) is 0. The van der Waals surface area contributed by atoms with Gasteiger partial charge in [0.15, 0.2) is 0 Å². The maximum atomic E-state index is 12.5. The van der Waals surface area contributed by atoms with E-state index < -0.39 is 0 Å². The minimum Gasteiger partial charge on any atom is -0.378 e. The topological polar surface area (TPSA) is 54.0 Å². The van der Waals surface area contributed by atoms with Gasteiger partial charge in [0.25, 0.3) is 0 Å². The van der Waals surface area contributed by atoms with Gasteiger partial charge in [0.05, 0.1) is 26.4 Å². The van der Waals surface area contributed by atoms with Gasteiger partial charge in [-0.1, -0.05) is 6.07 Å². The number of hydrogen-bond donors (Lipinski definition) is 1. The monoisotopic (exact) mass is 319 g/mol. The largest absolute Gasteiger partial charge is 0.378 e. The Labute approximate surface area is 137 Å². The van der Waals surface area contributed by atoms with Gasteiger partial charge in [0, 0.05) is 37.6 Å². The third-order valence-corrected chi connectivity index (χ3v) is 4.30. The molecule has 2 heterocycles. The molecular formula is C17H25N3O3. The SMILES string of the molecule is C[C@H](Nc1cccc(N2CCOCC2)c1)C(=O)N1CCOCC1. The van der Waals surface area contributed by atoms with Crippen molar-refractivity contribution in [2.45, 2.75) is 13.0 Å². The van der Waals surface area contributed by atoms with E-state index in [2.05, 4.69) is 22.3 Å². The van der Waals surface area contributed by atoms with E-state index in [1.165, 1.54) is 5.69 Å². The number of carbonyl (C=O) groups is 1. The molecule has 23 heavy (non-hydrogen) atoms. The Kier molecular flexibility index (Phi) is 5.35. The molecule has 0 spiro atoms. The number of morpholine rings is 2. The lowest BCUT2D eigenvalue weighted by Gasteiger charge is -2.31. The molecule has 1 N–H and O–H groups in total. The number of hydrogen-bond acceptors (Lipinski definition) is 5. The third-order valence-electron chi connectivity index (χ3n) is 4.30. The van der Waals surface area contributed by atoms with Crippen LogP contribution in [0.4, 0.5) is 11.4 Å². The Morgan fingerprint density at radius 1 is 1.09 bits per heavy atom. The van der Waals surface area contributed by atoms with Crippen molar-refractivity contribution >= 4 is 17.3 Å². The van der Waals surface area contributed by atoms with Gasteiger partial charge in [-0.25, -0.2) is 0 Å². The summed E-state index contributed by atoms with van der Waals surface area (Å²) in [5.41, 5.74) is 2.15. The first-order chi connectivity index (χ1) is 11.2. The van der Waals surface area contributed by atoms with Crippen molar-refractivity contribution in [2.75, 3.05) is 62.8 Å². The van der Waals surface area contributed by atoms with Crippen LogP contribution in [0.15, 0.2) is 24.3 Å². The first-order valence-corrected chi connectivity index (χ1v) is 8.30. The standard InChI is InChI=1S/C17H25N3O3/c1-14(17(21)20-7-11-23-12-8-20)18-15-3-2-4-16(13-15)19-5-9-22-10-6-19/h2-4,13-14,18H,5-12H2,1H3/t14-/m0/s1. The molecule has 6 nitrogen and oxygen atoms in total. The van der Waals surface area contributed by atoms with E-state index in [9.17, 15) is 4.79 Å². The van der Waals surface area contributed by atoms with Crippen LogP contribution in [0.2, 0.25) is 0 Å². The molecule has 2 aliphatic rings. The maximum absolute atomic E-state index is 12.5. The minimum atomic E-state index is -0.243. The summed E-state index contributed by atoms with van der Waals surface area (Å²) in [4.78, 5) is 16.6. The fraction of sp³-hybridized carbons (Fsp3) is 0.588. The molecule has 0 saturated carbocycles. The average molecular weight is 319 g/mol. The summed E-state index contributed by atoms with van der Waals surface area (Å²) in [6, 6.07) is 8.00. The second-order valence-electron chi connectivity index (χ2n) is 5.95. The lowest BCUT2D eigenvalue weighted by Crippen LogP contribution is -2.47. The number of anilines is 2. The van der Waals surface area contributed by atoms with E-state index >= 15 is 0 Å². The first kappa shape index (κ1) is 16.1. The van der Waals surface area contributed by atoms with Gasteiger partial charge in [-0.05, 0) is 25.1 Å². The molecule has 126 valence electrons. The smallest absolute Gasteiger partial charge is 0.244 e. The van der Waals surface area contributed by atoms with Crippen LogP contribution in [0.3, 0.4) is 0 Å². The van der Waals surface area contributed by atoms with Gasteiger partial charge in [-0.2, -0.15) is 0 Å². The average Bonchev–Trinajstić information content (AvgIpc) is 2.63. The van der Waals surface area contributed by atoms with Crippen molar-refractivity contribution < 1.29 is 14.3 Å². The number of benzene rings is 1. The maximum Gasteiger partial charge on any atom is 0.244 e. The molecule has 2 saturated heterocycles. The Morgan fingerprint density at radius 2 is 1.74 bits per heavy atom. The van der Waals surface area contributed by atoms with Crippen molar-refractivity contribution in [3.8, 4) is 0 Å². The highest BCUT2D eigenvalue weighted by Crippen LogP contribution is 2.21. The highest BCUT2D eigenvalue weighted by Gasteiger charge is 2.22. The number of carbonyl (C=O) groups excluding carboxylic acids is 1. The number of amides is 1. The molecule has 2 aliphatic heterocycles. The molecule has 1 atom stereocenters. The van der Waals surface area contributed by atoms with Gasteiger partial charge in [0.2, 0.25) is 5.91 Å². The van der Waals surface area contributed by atoms with E-state index in [4.69, 9.17) is 9.47 Å². The summed E-state index contributed by atoms with van der Waals surface area (Å²) < 4.78 is 10.7. The molecule has 1 aromatic rings. The number of nitrogens with zero attached hydrogens (tertiary/aromatic N) is 2. The molecular weight excluding hydrogens is 294 g/mol. The highest BCUT2D eigenvalue weighted by molar-refractivity contribution is 5.84. The molecule has 0 bridgehead atoms. The molecule has 0 unspecified atom stereocenters. The molecule has 1 amide bonds. The van der Waals surface area contributed by atoms with Crippen LogP contribution in [-0.2, 0) is 14.3 Å². The van der Waals surface area contributed by atoms with Crippen molar-refractivity contribution in [3.63, 3.8) is 0 Å². The molecule has 1 aromatic carbocycles. The van der Waals surface area contributed by atoms with Crippen molar-refractivity contribution in [1.82, 2.24) is 4.90 Å². The van der Waals surface area contributed by atoms with E-state index in [1.807, 2.05) is 24.0 Å². The Morgan fingerprint density at radius 3 is 2.43 bits per heavy atom. The molecule has 0 aliphatic carbocycles. The predicted octanol–water partition coefficient (Wildman–Crippen LogP) is 1.18. The van der Waals surface area contributed by atoms with Gasteiger partial charge < -0.3 is 24.6 Å². The molecule has 0 radical (unpaired) electrons. The highest BCUT2D eigenvalue weighted by atomic mass is 16.5. The zero-order valence-corrected chi connectivity index (χ0v) is 13.7. The minimum absolute atomic E-state index is 0.130. The van der Waals surface area contributed by atoms with Crippen LogP contribution in [0.5, 0.6) is 0 Å². The van der Waals surface area contributed by atoms with Crippen molar-refractivity contribution in [1.29, 1.82) is 0 Å². The van der Waals surface area contributed by atoms with E-state index in [0.29, 0.717) is 26.3 Å². The van der Waals surface area contributed by atoms with Crippen LogP contribution in [-0.4, -0.2) is 69.5 Å². The van der Waals surface area contributed by atoms with E-state index in [1.54, 1.807) is 0 Å². The first-order valence-electron chi connectivity index (χ1n) is 8.30. The van der Waals surface area contributed by atoms with E-state index in [-0.39, 0.29) is 11.9 Å². The van der Waals surface area contributed by atoms with Gasteiger partial charge >= 0.3 is 0 Å². The lowest BCUT2D eigenvalue weighted by atomic mass is 10.2. The Hall–Kier alpha value is -1.79. The quantitative estimate of drug-likeness (QED) is 0.903. The van der Waals surface area contributed by atoms with Crippen LogP contribution in [0.25, 0.3) is 0 Å². The molecule has 3 rings (SSSR count). The second kappa shape index (κ2) is 7.66. The van der Waals surface area contributed by atoms with Crippen LogP contribution in [0.1, 0.15) is 6.92 Å². The summed E-state index contributed by atoms with van der Waals surface area (Å²) in [6.45, 7) is 7.89.